The summed E-state index contributed by atoms with van der Waals surface area (Å²) in [5.41, 5.74) is 0.470. The SMILES string of the molecule is CCCCOc1ccc(OCCCC)c2c1SC(=C(C#N)/C=N/OC)S2. The molecule has 0 saturated carbocycles. The van der Waals surface area contributed by atoms with Crippen LogP contribution < -0.4 is 9.47 Å². The van der Waals surface area contributed by atoms with Gasteiger partial charge in [0.15, 0.2) is 0 Å². The molecule has 0 spiro atoms. The van der Waals surface area contributed by atoms with E-state index < -0.39 is 0 Å². The number of ether oxygens (including phenoxy) is 2. The van der Waals surface area contributed by atoms with Crippen molar-refractivity contribution in [1.29, 1.82) is 5.26 Å². The first-order valence-electron chi connectivity index (χ1n) is 8.74. The van der Waals surface area contributed by atoms with Gasteiger partial charge in [0, 0.05) is 0 Å². The number of allylic oxidation sites excluding steroid dienone is 1. The Morgan fingerprint density at radius 1 is 1.08 bits per heavy atom. The number of nitriles is 1. The molecule has 0 N–H and O–H groups in total. The molecule has 2 rings (SSSR count). The van der Waals surface area contributed by atoms with Gasteiger partial charge in [0.1, 0.15) is 24.7 Å². The molecule has 26 heavy (non-hydrogen) atoms. The zero-order valence-corrected chi connectivity index (χ0v) is 17.0. The molecule has 0 aromatic heterocycles. The van der Waals surface area contributed by atoms with Crippen molar-refractivity contribution >= 4 is 29.7 Å². The second-order valence-electron chi connectivity index (χ2n) is 5.56. The molecule has 1 aromatic carbocycles. The van der Waals surface area contributed by atoms with E-state index in [9.17, 15) is 5.26 Å². The standard InChI is InChI=1S/C19H24N2O3S2/c1-4-6-10-23-15-8-9-16(24-11-7-5-2)18-17(15)25-19(26-18)14(12-20)13-21-22-3/h8-9,13H,4-7,10-11H2,1-3H3/b21-13+. The summed E-state index contributed by atoms with van der Waals surface area (Å²) in [5, 5.41) is 13.2. The normalized spacial score (nSPS) is 12.8. The van der Waals surface area contributed by atoms with Crippen LogP contribution in [0, 0.1) is 11.3 Å². The van der Waals surface area contributed by atoms with Crippen molar-refractivity contribution in [2.24, 2.45) is 5.16 Å². The average molecular weight is 393 g/mol. The highest BCUT2D eigenvalue weighted by atomic mass is 32.2. The summed E-state index contributed by atoms with van der Waals surface area (Å²) in [6.07, 6.45) is 5.62. The van der Waals surface area contributed by atoms with Gasteiger partial charge >= 0.3 is 0 Å². The van der Waals surface area contributed by atoms with Crippen molar-refractivity contribution in [3.63, 3.8) is 0 Å². The van der Waals surface area contributed by atoms with E-state index in [0.717, 1.165) is 51.2 Å². The van der Waals surface area contributed by atoms with Crippen LogP contribution in [0.5, 0.6) is 11.5 Å². The number of oxime groups is 1. The zero-order chi connectivity index (χ0) is 18.8. The minimum Gasteiger partial charge on any atom is -0.492 e. The molecule has 0 fully saturated rings. The minimum absolute atomic E-state index is 0.470. The fraction of sp³-hybridized carbons (Fsp3) is 0.474. The first-order chi connectivity index (χ1) is 12.7. The van der Waals surface area contributed by atoms with Gasteiger partial charge in [0.2, 0.25) is 0 Å². The number of benzene rings is 1. The molecular weight excluding hydrogens is 368 g/mol. The second-order valence-corrected chi connectivity index (χ2v) is 7.86. The molecule has 0 atom stereocenters. The number of hydrogen-bond acceptors (Lipinski definition) is 7. The molecule has 0 unspecified atom stereocenters. The largest absolute Gasteiger partial charge is 0.492 e. The molecule has 140 valence electrons. The lowest BCUT2D eigenvalue weighted by atomic mass is 10.3. The topological polar surface area (TPSA) is 63.8 Å². The Labute approximate surface area is 163 Å². The Morgan fingerprint density at radius 3 is 2.04 bits per heavy atom. The van der Waals surface area contributed by atoms with Crippen molar-refractivity contribution in [3.8, 4) is 17.6 Å². The van der Waals surface area contributed by atoms with E-state index in [4.69, 9.17) is 14.3 Å². The Hall–Kier alpha value is -1.78. The first-order valence-corrected chi connectivity index (χ1v) is 10.4. The monoisotopic (exact) mass is 392 g/mol. The molecule has 0 amide bonds. The maximum absolute atomic E-state index is 9.43. The Balaban J connectivity index is 2.32. The van der Waals surface area contributed by atoms with E-state index in [1.165, 1.54) is 36.8 Å². The van der Waals surface area contributed by atoms with Crippen molar-refractivity contribution in [2.75, 3.05) is 20.3 Å². The summed E-state index contributed by atoms with van der Waals surface area (Å²) in [6.45, 7) is 5.63. The minimum atomic E-state index is 0.470. The third kappa shape index (κ3) is 5.36. The molecule has 0 aliphatic carbocycles. The number of nitrogens with zero attached hydrogens (tertiary/aromatic N) is 2. The second kappa shape index (κ2) is 11.0. The quantitative estimate of drug-likeness (QED) is 0.223. The highest BCUT2D eigenvalue weighted by molar-refractivity contribution is 8.24. The zero-order valence-electron chi connectivity index (χ0n) is 15.4. The maximum atomic E-state index is 9.43. The number of hydrogen-bond donors (Lipinski definition) is 0. The third-order valence-electron chi connectivity index (χ3n) is 3.57. The highest BCUT2D eigenvalue weighted by Gasteiger charge is 2.28. The molecule has 1 aromatic rings. The summed E-state index contributed by atoms with van der Waals surface area (Å²) >= 11 is 3.05. The van der Waals surface area contributed by atoms with Crippen molar-refractivity contribution in [3.05, 3.63) is 21.9 Å². The molecule has 5 nitrogen and oxygen atoms in total. The molecular formula is C19H24N2O3S2. The molecule has 1 aliphatic rings. The summed E-state index contributed by atoms with van der Waals surface area (Å²) in [7, 11) is 1.46. The fourth-order valence-electron chi connectivity index (χ4n) is 2.15. The van der Waals surface area contributed by atoms with Crippen molar-refractivity contribution in [1.82, 2.24) is 0 Å². The van der Waals surface area contributed by atoms with E-state index in [0.29, 0.717) is 18.8 Å². The smallest absolute Gasteiger partial charge is 0.134 e. The van der Waals surface area contributed by atoms with E-state index in [1.807, 2.05) is 12.1 Å². The van der Waals surface area contributed by atoms with Gasteiger partial charge in [-0.2, -0.15) is 5.26 Å². The number of thioether (sulfide) groups is 2. The van der Waals surface area contributed by atoms with Crippen LogP contribution in [0.2, 0.25) is 0 Å². The van der Waals surface area contributed by atoms with Gasteiger partial charge in [-0.15, -0.1) is 0 Å². The van der Waals surface area contributed by atoms with Gasteiger partial charge in [-0.25, -0.2) is 0 Å². The predicted octanol–water partition coefficient (Wildman–Crippen LogP) is 5.61. The lowest BCUT2D eigenvalue weighted by Crippen LogP contribution is -2.00. The Bertz CT molecular complexity index is 670. The van der Waals surface area contributed by atoms with Crippen LogP contribution in [0.1, 0.15) is 39.5 Å². The van der Waals surface area contributed by atoms with E-state index in [1.54, 1.807) is 0 Å². The van der Waals surface area contributed by atoms with Gasteiger partial charge in [-0.05, 0) is 25.0 Å². The first kappa shape index (κ1) is 20.5. The predicted molar refractivity (Wildman–Crippen MR) is 107 cm³/mol. The maximum Gasteiger partial charge on any atom is 0.134 e. The van der Waals surface area contributed by atoms with Gasteiger partial charge in [0.25, 0.3) is 0 Å². The Kier molecular flexibility index (Phi) is 8.72. The summed E-state index contributed by atoms with van der Waals surface area (Å²) < 4.78 is 12.8. The van der Waals surface area contributed by atoms with Crippen LogP contribution in [0.15, 0.2) is 36.9 Å². The average Bonchev–Trinajstić information content (AvgIpc) is 3.09. The number of fused-ring (bicyclic) bond motifs is 1. The lowest BCUT2D eigenvalue weighted by Gasteiger charge is -2.13. The van der Waals surface area contributed by atoms with Gasteiger partial charge in [0.05, 0.1) is 39.0 Å². The Morgan fingerprint density at radius 2 is 1.62 bits per heavy atom. The van der Waals surface area contributed by atoms with Crippen LogP contribution in [0.25, 0.3) is 0 Å². The molecule has 0 bridgehead atoms. The van der Waals surface area contributed by atoms with E-state index in [2.05, 4.69) is 25.1 Å². The highest BCUT2D eigenvalue weighted by Crippen LogP contribution is 2.58. The summed E-state index contributed by atoms with van der Waals surface area (Å²) in [5.74, 6) is 1.68. The molecule has 0 saturated heterocycles. The van der Waals surface area contributed by atoms with E-state index >= 15 is 0 Å². The van der Waals surface area contributed by atoms with Crippen LogP contribution in [0.4, 0.5) is 0 Å². The summed E-state index contributed by atoms with van der Waals surface area (Å²) in [4.78, 5) is 6.72. The van der Waals surface area contributed by atoms with Crippen molar-refractivity contribution < 1.29 is 14.3 Å². The van der Waals surface area contributed by atoms with Crippen LogP contribution in [-0.2, 0) is 4.84 Å². The number of rotatable bonds is 10. The van der Waals surface area contributed by atoms with Gasteiger partial charge < -0.3 is 14.3 Å². The van der Waals surface area contributed by atoms with E-state index in [-0.39, 0.29) is 0 Å². The fourth-order valence-corrected chi connectivity index (χ4v) is 4.69. The molecule has 7 heteroatoms. The van der Waals surface area contributed by atoms with Crippen LogP contribution in [-0.4, -0.2) is 26.5 Å². The summed E-state index contributed by atoms with van der Waals surface area (Å²) in [6, 6.07) is 6.10. The van der Waals surface area contributed by atoms with Gasteiger partial charge in [-0.3, -0.25) is 0 Å². The van der Waals surface area contributed by atoms with Crippen LogP contribution >= 0.6 is 23.5 Å². The molecule has 1 aliphatic heterocycles. The lowest BCUT2D eigenvalue weighted by molar-refractivity contribution is 0.215. The van der Waals surface area contributed by atoms with Crippen LogP contribution in [0.3, 0.4) is 0 Å². The number of unbranched alkanes of at least 4 members (excludes halogenated alkanes) is 2. The molecule has 1 heterocycles. The van der Waals surface area contributed by atoms with Gasteiger partial charge in [-0.1, -0.05) is 55.4 Å². The van der Waals surface area contributed by atoms with Crippen molar-refractivity contribution in [2.45, 2.75) is 49.3 Å². The molecule has 0 radical (unpaired) electrons. The third-order valence-corrected chi connectivity index (χ3v) is 6.23.